The molecular formula is C14H32N2O. The van der Waals surface area contributed by atoms with E-state index in [0.29, 0.717) is 6.10 Å². The lowest BCUT2D eigenvalue weighted by Crippen LogP contribution is -2.36. The number of hydrogen-bond donors (Lipinski definition) is 1. The van der Waals surface area contributed by atoms with Crippen molar-refractivity contribution in [2.45, 2.75) is 58.6 Å². The summed E-state index contributed by atoms with van der Waals surface area (Å²) < 4.78 is 5.77. The Bertz CT molecular complexity index is 176. The molecule has 0 amide bonds. The van der Waals surface area contributed by atoms with Gasteiger partial charge in [-0.05, 0) is 74.1 Å². The quantitative estimate of drug-likeness (QED) is 0.631. The van der Waals surface area contributed by atoms with Crippen molar-refractivity contribution in [1.82, 2.24) is 10.2 Å². The molecule has 0 aliphatic heterocycles. The highest BCUT2D eigenvalue weighted by molar-refractivity contribution is 4.70. The van der Waals surface area contributed by atoms with E-state index in [1.54, 1.807) is 0 Å². The fraction of sp³-hybridized carbons (Fsp3) is 1.00. The maximum atomic E-state index is 5.77. The summed E-state index contributed by atoms with van der Waals surface area (Å²) in [6.07, 6.45) is 3.84. The van der Waals surface area contributed by atoms with E-state index >= 15 is 0 Å². The van der Waals surface area contributed by atoms with Crippen molar-refractivity contribution >= 4 is 0 Å². The molecule has 1 unspecified atom stereocenters. The number of hydrogen-bond acceptors (Lipinski definition) is 3. The summed E-state index contributed by atoms with van der Waals surface area (Å²) >= 11 is 0. The van der Waals surface area contributed by atoms with Crippen LogP contribution >= 0.6 is 0 Å². The van der Waals surface area contributed by atoms with Gasteiger partial charge in [0.2, 0.25) is 0 Å². The van der Waals surface area contributed by atoms with Crippen molar-refractivity contribution in [2.75, 3.05) is 33.8 Å². The van der Waals surface area contributed by atoms with E-state index in [0.717, 1.165) is 32.5 Å². The van der Waals surface area contributed by atoms with Crippen molar-refractivity contribution in [1.29, 1.82) is 0 Å². The van der Waals surface area contributed by atoms with Crippen LogP contribution in [0.1, 0.15) is 47.0 Å². The van der Waals surface area contributed by atoms with Crippen LogP contribution in [0.4, 0.5) is 0 Å². The maximum absolute atomic E-state index is 5.77. The lowest BCUT2D eigenvalue weighted by Gasteiger charge is -2.21. The van der Waals surface area contributed by atoms with Crippen LogP contribution in [0.15, 0.2) is 0 Å². The molecule has 0 rings (SSSR count). The van der Waals surface area contributed by atoms with Gasteiger partial charge in [0.1, 0.15) is 0 Å². The lowest BCUT2D eigenvalue weighted by molar-refractivity contribution is 0.0540. The largest absolute Gasteiger partial charge is 0.378 e. The summed E-state index contributed by atoms with van der Waals surface area (Å²) in [7, 11) is 4.20. The van der Waals surface area contributed by atoms with E-state index in [1.807, 2.05) is 0 Å². The van der Waals surface area contributed by atoms with E-state index < -0.39 is 0 Å². The van der Waals surface area contributed by atoms with Crippen LogP contribution in [0.3, 0.4) is 0 Å². The third-order valence-electron chi connectivity index (χ3n) is 2.59. The van der Waals surface area contributed by atoms with Gasteiger partial charge in [-0.1, -0.05) is 0 Å². The molecule has 0 fully saturated rings. The molecule has 1 atom stereocenters. The van der Waals surface area contributed by atoms with Crippen LogP contribution in [-0.4, -0.2) is 50.3 Å². The molecule has 0 aromatic heterocycles. The molecule has 0 aliphatic rings. The molecule has 0 aromatic rings. The molecule has 1 N–H and O–H groups in total. The van der Waals surface area contributed by atoms with E-state index in [-0.39, 0.29) is 5.54 Å². The number of rotatable bonds is 9. The Morgan fingerprint density at radius 2 is 1.82 bits per heavy atom. The first kappa shape index (κ1) is 16.9. The van der Waals surface area contributed by atoms with Crippen molar-refractivity contribution < 1.29 is 4.74 Å². The third-order valence-corrected chi connectivity index (χ3v) is 2.59. The minimum Gasteiger partial charge on any atom is -0.378 e. The van der Waals surface area contributed by atoms with E-state index in [4.69, 9.17) is 4.74 Å². The molecule has 0 aromatic carbocycles. The molecule has 0 spiro atoms. The zero-order chi connectivity index (χ0) is 13.3. The summed E-state index contributed by atoms with van der Waals surface area (Å²) in [4.78, 5) is 2.20. The standard InChI is InChI=1S/C14H32N2O/c1-13(17-12-8-11-16(5)6)9-7-10-15-14(2,3)4/h13,15H,7-12H2,1-6H3. The Morgan fingerprint density at radius 1 is 1.18 bits per heavy atom. The second-order valence-electron chi connectivity index (χ2n) is 6.16. The second-order valence-corrected chi connectivity index (χ2v) is 6.16. The van der Waals surface area contributed by atoms with Gasteiger partial charge in [-0.25, -0.2) is 0 Å². The number of nitrogens with zero attached hydrogens (tertiary/aromatic N) is 1. The van der Waals surface area contributed by atoms with Crippen LogP contribution in [0.2, 0.25) is 0 Å². The lowest BCUT2D eigenvalue weighted by atomic mass is 10.1. The number of ether oxygens (including phenoxy) is 1. The van der Waals surface area contributed by atoms with Gasteiger partial charge in [0.15, 0.2) is 0 Å². The minimum atomic E-state index is 0.232. The average Bonchev–Trinajstić information content (AvgIpc) is 2.18. The summed E-state index contributed by atoms with van der Waals surface area (Å²) in [5.74, 6) is 0. The molecule has 0 bridgehead atoms. The van der Waals surface area contributed by atoms with Gasteiger partial charge in [0, 0.05) is 12.1 Å². The Hall–Kier alpha value is -0.120. The summed E-state index contributed by atoms with van der Waals surface area (Å²) in [5, 5.41) is 3.50. The Balaban J connectivity index is 3.32. The Morgan fingerprint density at radius 3 is 2.35 bits per heavy atom. The molecule has 0 aliphatic carbocycles. The molecule has 0 heterocycles. The van der Waals surface area contributed by atoms with Gasteiger partial charge in [-0.3, -0.25) is 0 Å². The van der Waals surface area contributed by atoms with E-state index in [2.05, 4.69) is 52.0 Å². The normalized spacial score (nSPS) is 14.3. The third kappa shape index (κ3) is 13.8. The van der Waals surface area contributed by atoms with Crippen LogP contribution in [-0.2, 0) is 4.74 Å². The van der Waals surface area contributed by atoms with Gasteiger partial charge in [-0.2, -0.15) is 0 Å². The van der Waals surface area contributed by atoms with Crippen molar-refractivity contribution in [2.24, 2.45) is 0 Å². The first-order chi connectivity index (χ1) is 7.81. The van der Waals surface area contributed by atoms with Gasteiger partial charge >= 0.3 is 0 Å². The highest BCUT2D eigenvalue weighted by atomic mass is 16.5. The zero-order valence-corrected chi connectivity index (χ0v) is 12.7. The molecule has 0 saturated carbocycles. The van der Waals surface area contributed by atoms with Crippen LogP contribution in [0, 0.1) is 0 Å². The second kappa shape index (κ2) is 8.90. The van der Waals surface area contributed by atoms with Crippen LogP contribution < -0.4 is 5.32 Å². The SMILES string of the molecule is CC(CCCNC(C)(C)C)OCCCN(C)C. The van der Waals surface area contributed by atoms with Crippen molar-refractivity contribution in [3.63, 3.8) is 0 Å². The van der Waals surface area contributed by atoms with Crippen molar-refractivity contribution in [3.8, 4) is 0 Å². The van der Waals surface area contributed by atoms with E-state index in [9.17, 15) is 0 Å². The van der Waals surface area contributed by atoms with Crippen LogP contribution in [0.5, 0.6) is 0 Å². The maximum Gasteiger partial charge on any atom is 0.0547 e. The highest BCUT2D eigenvalue weighted by Gasteiger charge is 2.08. The van der Waals surface area contributed by atoms with Gasteiger partial charge in [0.25, 0.3) is 0 Å². The molecule has 3 nitrogen and oxygen atoms in total. The molecule has 3 heteroatoms. The highest BCUT2D eigenvalue weighted by Crippen LogP contribution is 2.04. The Labute approximate surface area is 108 Å². The first-order valence-corrected chi connectivity index (χ1v) is 6.82. The summed E-state index contributed by atoms with van der Waals surface area (Å²) in [6.45, 7) is 11.8. The van der Waals surface area contributed by atoms with Gasteiger partial charge < -0.3 is 15.0 Å². The molecule has 0 radical (unpaired) electrons. The monoisotopic (exact) mass is 244 g/mol. The predicted octanol–water partition coefficient (Wildman–Crippen LogP) is 2.51. The zero-order valence-electron chi connectivity index (χ0n) is 12.7. The minimum absolute atomic E-state index is 0.232. The van der Waals surface area contributed by atoms with Gasteiger partial charge in [-0.15, -0.1) is 0 Å². The summed E-state index contributed by atoms with van der Waals surface area (Å²) in [6, 6.07) is 0. The molecule has 0 saturated heterocycles. The van der Waals surface area contributed by atoms with Crippen LogP contribution in [0.25, 0.3) is 0 Å². The fourth-order valence-corrected chi connectivity index (χ4v) is 1.60. The molecular weight excluding hydrogens is 212 g/mol. The first-order valence-electron chi connectivity index (χ1n) is 6.82. The van der Waals surface area contributed by atoms with Gasteiger partial charge in [0.05, 0.1) is 6.10 Å². The molecule has 17 heavy (non-hydrogen) atoms. The van der Waals surface area contributed by atoms with E-state index in [1.165, 1.54) is 6.42 Å². The van der Waals surface area contributed by atoms with Crippen molar-refractivity contribution in [3.05, 3.63) is 0 Å². The predicted molar refractivity (Wildman–Crippen MR) is 75.6 cm³/mol. The fourth-order valence-electron chi connectivity index (χ4n) is 1.60. The molecule has 104 valence electrons. The number of nitrogens with one attached hydrogen (secondary N) is 1. The summed E-state index contributed by atoms with van der Waals surface area (Å²) in [5.41, 5.74) is 0.232. The average molecular weight is 244 g/mol. The Kier molecular flexibility index (Phi) is 8.83. The topological polar surface area (TPSA) is 24.5 Å². The smallest absolute Gasteiger partial charge is 0.0547 e.